The van der Waals surface area contributed by atoms with E-state index in [0.29, 0.717) is 63.9 Å². The summed E-state index contributed by atoms with van der Waals surface area (Å²) in [4.78, 5) is 53.4. The Morgan fingerprint density at radius 2 is 1.07 bits per heavy atom. The van der Waals surface area contributed by atoms with Gasteiger partial charge in [0.2, 0.25) is 0 Å². The molecule has 7 aromatic heterocycles. The smallest absolute Gasteiger partial charge is 0.343 e. The molecule has 0 spiro atoms. The van der Waals surface area contributed by atoms with Gasteiger partial charge in [0.15, 0.2) is 11.5 Å². The minimum absolute atomic E-state index is 0. The number of hydrogen-bond donors (Lipinski definition) is 3. The van der Waals surface area contributed by atoms with Gasteiger partial charge in [-0.15, -0.1) is 0 Å². The predicted molar refractivity (Wildman–Crippen MR) is 316 cm³/mol. The highest BCUT2D eigenvalue weighted by Gasteiger charge is 2.19. The Labute approximate surface area is 484 Å². The van der Waals surface area contributed by atoms with Crippen LogP contribution in [0.2, 0.25) is 15.1 Å². The number of nitrogen functional groups attached to an aromatic ring is 2. The number of nitriles is 1. The van der Waals surface area contributed by atoms with Crippen molar-refractivity contribution < 1.29 is 23.9 Å². The lowest BCUT2D eigenvalue weighted by Crippen LogP contribution is -2.24. The summed E-state index contributed by atoms with van der Waals surface area (Å²) >= 11 is 21.3. The Morgan fingerprint density at radius 3 is 1.54 bits per heavy atom. The van der Waals surface area contributed by atoms with E-state index in [2.05, 4.69) is 56.5 Å². The summed E-state index contributed by atoms with van der Waals surface area (Å²) in [6.07, 6.45) is 9.68. The second-order valence-corrected chi connectivity index (χ2v) is 19.5. The summed E-state index contributed by atoms with van der Waals surface area (Å²) in [7, 11) is 0. The van der Waals surface area contributed by atoms with Crippen molar-refractivity contribution in [3.8, 4) is 6.07 Å². The number of halogens is 4. The first-order chi connectivity index (χ1) is 37.5. The number of nitrogens with one attached hydrogen (secondary N) is 1. The lowest BCUT2D eigenvalue weighted by Gasteiger charge is -2.11. The van der Waals surface area contributed by atoms with Crippen molar-refractivity contribution in [1.29, 1.82) is 5.26 Å². The molecule has 5 N–H and O–H groups in total. The first-order valence-corrected chi connectivity index (χ1v) is 25.9. The van der Waals surface area contributed by atoms with Crippen LogP contribution in [0.1, 0.15) is 99.0 Å². The molecule has 10 aromatic rings. The summed E-state index contributed by atoms with van der Waals surface area (Å²) in [5.41, 5.74) is 20.7. The number of aromatic nitrogens is 10. The number of carbonyl (C=O) groups excluding carboxylic acids is 3. The lowest BCUT2D eigenvalue weighted by atomic mass is 10.1. The van der Waals surface area contributed by atoms with Crippen LogP contribution in [-0.4, -0.2) is 80.3 Å². The van der Waals surface area contributed by atoms with Gasteiger partial charge in [-0.2, -0.15) is 20.6 Å². The summed E-state index contributed by atoms with van der Waals surface area (Å²) < 4.78 is 15.3. The molecule has 0 unspecified atom stereocenters. The number of carbonyl (C=O) groups is 3. The number of nitrogens with zero attached hydrogens (tertiary/aromatic N) is 11. The minimum atomic E-state index is -0.467. The van der Waals surface area contributed by atoms with Crippen molar-refractivity contribution in [2.75, 3.05) is 24.7 Å². The Kier molecular flexibility index (Phi) is 20.8. The van der Waals surface area contributed by atoms with Crippen molar-refractivity contribution in [2.24, 2.45) is 0 Å². The summed E-state index contributed by atoms with van der Waals surface area (Å²) in [5, 5.41) is 29.6. The molecule has 7 heterocycles. The van der Waals surface area contributed by atoms with Crippen molar-refractivity contribution in [1.82, 2.24) is 54.6 Å². The number of ether oxygens (including phenoxy) is 2. The molecule has 19 nitrogen and oxygen atoms in total. The van der Waals surface area contributed by atoms with Crippen molar-refractivity contribution in [3.63, 3.8) is 0 Å². The Morgan fingerprint density at radius 1 is 0.637 bits per heavy atom. The molecule has 0 aliphatic rings. The van der Waals surface area contributed by atoms with Gasteiger partial charge in [0, 0.05) is 65.6 Å². The number of esters is 2. The van der Waals surface area contributed by atoms with Crippen LogP contribution in [0.5, 0.6) is 0 Å². The molecule has 0 radical (unpaired) electrons. The van der Waals surface area contributed by atoms with Gasteiger partial charge in [0.25, 0.3) is 5.91 Å². The zero-order valence-electron chi connectivity index (χ0n) is 42.3. The quantitative estimate of drug-likeness (QED) is 0.0906. The van der Waals surface area contributed by atoms with E-state index in [1.807, 2.05) is 92.7 Å². The topological polar surface area (TPSA) is 263 Å². The molecule has 0 aliphatic heterocycles. The summed E-state index contributed by atoms with van der Waals surface area (Å²) in [6.45, 7) is 9.57. The van der Waals surface area contributed by atoms with Gasteiger partial charge in [-0.05, 0) is 132 Å². The average Bonchev–Trinajstić information content (AvgIpc) is 4.11. The monoisotopic (exact) mass is 1200 g/mol. The molecule has 0 saturated heterocycles. The molecular formula is C57H56BrCl3N14O5. The number of hydrogen-bond acceptors (Lipinski definition) is 15. The van der Waals surface area contributed by atoms with Crippen LogP contribution >= 0.6 is 50.7 Å². The average molecular weight is 1200 g/mol. The third kappa shape index (κ3) is 15.2. The third-order valence-electron chi connectivity index (χ3n) is 11.8. The second kappa shape index (κ2) is 27.4. The number of aryl methyl sites for hydroxylation is 2. The van der Waals surface area contributed by atoms with Gasteiger partial charge in [-0.1, -0.05) is 67.9 Å². The number of rotatable bonds is 13. The number of amides is 1. The molecule has 3 aromatic carbocycles. The van der Waals surface area contributed by atoms with Crippen LogP contribution < -0.4 is 16.8 Å². The highest BCUT2D eigenvalue weighted by molar-refractivity contribution is 9.10. The second-order valence-electron chi connectivity index (χ2n) is 17.5. The summed E-state index contributed by atoms with van der Waals surface area (Å²) in [6, 6.07) is 26.9. The van der Waals surface area contributed by atoms with Gasteiger partial charge < -0.3 is 26.3 Å². The van der Waals surface area contributed by atoms with E-state index in [9.17, 15) is 19.6 Å². The van der Waals surface area contributed by atoms with Crippen LogP contribution in [0.3, 0.4) is 0 Å². The number of anilines is 2. The summed E-state index contributed by atoms with van der Waals surface area (Å²) in [5.74, 6) is -0.632. The Balaban J connectivity index is 0.000000195. The lowest BCUT2D eigenvalue weighted by molar-refractivity contribution is 0.0516. The van der Waals surface area contributed by atoms with Crippen molar-refractivity contribution in [2.45, 2.75) is 68.7 Å². The van der Waals surface area contributed by atoms with Crippen LogP contribution in [0.15, 0.2) is 121 Å². The van der Waals surface area contributed by atoms with Crippen LogP contribution in [0, 0.1) is 25.2 Å². The highest BCUT2D eigenvalue weighted by Crippen LogP contribution is 2.24. The van der Waals surface area contributed by atoms with E-state index in [-0.39, 0.29) is 55.9 Å². The third-order valence-corrected chi connectivity index (χ3v) is 13.0. The fourth-order valence-electron chi connectivity index (χ4n) is 8.20. The maximum absolute atomic E-state index is 12.8. The number of nitrogens with two attached hydrogens (primary N) is 2. The standard InChI is InChI=1S/C23H20ClN7O.C16H13BrClN3O2.C16H15ClN4O2.2CH4/c1-13-5-22(26)29-14(2)18(13)10-28-23(32)19-12-31(30-21(19)8-25)11-15-3-4-20-16(6-15)7-17(24)9-27-20;1-2-23-16(22)13-9-21(20-15(13)17)8-10-3-4-14-11(5-10)6-12(18)7-19-14;1-2-23-16(22)13-9-21(20-15(13)18)8-10-3-4-14-11(5-10)6-12(17)7-19-14;;/h3-7,9,12H,10-11H2,1-2H3,(H2,26,29)(H,28,32);3-7,9H,2,8H2,1H3;3-7,9H,2,8H2,1H3,(H2,18,20);2*1H4. The molecule has 412 valence electrons. The van der Waals surface area contributed by atoms with Crippen LogP contribution in [0.4, 0.5) is 11.6 Å². The Hall–Kier alpha value is -8.48. The highest BCUT2D eigenvalue weighted by atomic mass is 79.9. The van der Waals surface area contributed by atoms with E-state index >= 15 is 0 Å². The SMILES string of the molecule is C.C.CCOC(=O)c1cn(Cc2ccc3ncc(Cl)cc3c2)nc1Br.CCOC(=O)c1cn(Cc2ccc3ncc(Cl)cc3c2)nc1N.Cc1cc(N)nc(C)c1CNC(=O)c1cn(Cc2ccc3ncc(Cl)cc3c2)nc1C#N. The van der Waals surface area contributed by atoms with Gasteiger partial charge in [0.05, 0.1) is 70.0 Å². The molecule has 23 heteroatoms. The van der Waals surface area contributed by atoms with Crippen molar-refractivity contribution >= 4 is 113 Å². The van der Waals surface area contributed by atoms with E-state index in [1.54, 1.807) is 71.1 Å². The molecule has 0 saturated carbocycles. The molecule has 0 fully saturated rings. The number of pyridine rings is 4. The zero-order valence-corrected chi connectivity index (χ0v) is 46.2. The Bertz CT molecular complexity index is 3760. The van der Waals surface area contributed by atoms with Gasteiger partial charge in [0.1, 0.15) is 27.6 Å². The van der Waals surface area contributed by atoms with Gasteiger partial charge in [-0.25, -0.2) is 14.6 Å². The molecule has 80 heavy (non-hydrogen) atoms. The molecule has 1 amide bonds. The van der Waals surface area contributed by atoms with E-state index in [4.69, 9.17) is 55.7 Å². The fourth-order valence-corrected chi connectivity index (χ4v) is 9.16. The first kappa shape index (κ1) is 60.7. The first-order valence-electron chi connectivity index (χ1n) is 24.0. The van der Waals surface area contributed by atoms with E-state index in [1.165, 1.54) is 0 Å². The molecule has 0 atom stereocenters. The molecule has 0 aliphatic carbocycles. The molecule has 0 bridgehead atoms. The zero-order chi connectivity index (χ0) is 55.6. The van der Waals surface area contributed by atoms with Crippen LogP contribution in [0.25, 0.3) is 32.7 Å². The van der Waals surface area contributed by atoms with Gasteiger partial charge in [-0.3, -0.25) is 33.8 Å². The molecule has 10 rings (SSSR count). The maximum atomic E-state index is 12.8. The van der Waals surface area contributed by atoms with E-state index in [0.717, 1.165) is 66.2 Å². The van der Waals surface area contributed by atoms with Crippen LogP contribution in [-0.2, 0) is 35.7 Å². The van der Waals surface area contributed by atoms with Crippen molar-refractivity contribution in [3.05, 3.63) is 192 Å². The predicted octanol–water partition coefficient (Wildman–Crippen LogP) is 11.8. The fraction of sp³-hybridized carbons (Fsp3) is 0.211. The largest absolute Gasteiger partial charge is 0.462 e. The number of fused-ring (bicyclic) bond motifs is 3. The van der Waals surface area contributed by atoms with Gasteiger partial charge >= 0.3 is 11.9 Å². The van der Waals surface area contributed by atoms with E-state index < -0.39 is 5.97 Å². The molecular weight excluding hydrogens is 1150 g/mol. The maximum Gasteiger partial charge on any atom is 0.343 e. The number of benzene rings is 3. The normalized spacial score (nSPS) is 10.6. The minimum Gasteiger partial charge on any atom is -0.462 e.